The number of hydrogen-bond acceptors (Lipinski definition) is 4. The van der Waals surface area contributed by atoms with Gasteiger partial charge in [0.1, 0.15) is 5.69 Å². The molecule has 0 aliphatic rings. The maximum absolute atomic E-state index is 11.9. The minimum absolute atomic E-state index is 0.110. The molecule has 7 heteroatoms. The van der Waals surface area contributed by atoms with Gasteiger partial charge in [0.2, 0.25) is 15.0 Å². The third kappa shape index (κ3) is 1.95. The Morgan fingerprint density at radius 3 is 2.50 bits per heavy atom. The Morgan fingerprint density at radius 1 is 1.56 bits per heavy atom. The van der Waals surface area contributed by atoms with E-state index in [1.165, 1.54) is 18.4 Å². The van der Waals surface area contributed by atoms with E-state index in [0.717, 1.165) is 6.20 Å². The quantitative estimate of drug-likeness (QED) is 0.848. The van der Waals surface area contributed by atoms with E-state index >= 15 is 0 Å². The number of imidazole rings is 1. The number of carboxylic acid groups (broad SMARTS) is 1. The standard InChI is InChI=1S/C9H14N2O4S/c1-4-11-7(8(12)13)5-10-9(11)16(14,15)6(2)3/h5-6H,4H2,1-3H3,(H,12,13). The summed E-state index contributed by atoms with van der Waals surface area (Å²) in [5.74, 6) is -1.18. The lowest BCUT2D eigenvalue weighted by Gasteiger charge is -2.09. The van der Waals surface area contributed by atoms with Crippen molar-refractivity contribution in [2.45, 2.75) is 37.7 Å². The highest BCUT2D eigenvalue weighted by Crippen LogP contribution is 2.16. The first-order chi connectivity index (χ1) is 7.32. The fraction of sp³-hybridized carbons (Fsp3) is 0.556. The Hall–Kier alpha value is -1.37. The molecule has 0 radical (unpaired) electrons. The average molecular weight is 246 g/mol. The molecule has 0 fully saturated rings. The van der Waals surface area contributed by atoms with Crippen LogP contribution in [0.3, 0.4) is 0 Å². The van der Waals surface area contributed by atoms with Gasteiger partial charge in [0.25, 0.3) is 0 Å². The Labute approximate surface area is 93.8 Å². The summed E-state index contributed by atoms with van der Waals surface area (Å²) in [6.07, 6.45) is 1.07. The topological polar surface area (TPSA) is 89.3 Å². The normalized spacial score (nSPS) is 12.0. The largest absolute Gasteiger partial charge is 0.477 e. The molecule has 1 aromatic heterocycles. The van der Waals surface area contributed by atoms with Gasteiger partial charge in [0.15, 0.2) is 0 Å². The molecular formula is C9H14N2O4S. The molecule has 1 N–H and O–H groups in total. The van der Waals surface area contributed by atoms with Crippen LogP contribution >= 0.6 is 0 Å². The Bertz CT molecular complexity index is 502. The van der Waals surface area contributed by atoms with E-state index in [0.29, 0.717) is 0 Å². The molecule has 0 aliphatic heterocycles. The SMILES string of the molecule is CCn1c(C(=O)O)cnc1S(=O)(=O)C(C)C. The van der Waals surface area contributed by atoms with E-state index in [9.17, 15) is 13.2 Å². The van der Waals surface area contributed by atoms with Gasteiger partial charge in [-0.05, 0) is 20.8 Å². The molecule has 0 aromatic carbocycles. The molecule has 6 nitrogen and oxygen atoms in total. The maximum atomic E-state index is 11.9. The summed E-state index contributed by atoms with van der Waals surface area (Å²) < 4.78 is 24.9. The van der Waals surface area contributed by atoms with Gasteiger partial charge in [-0.1, -0.05) is 0 Å². The van der Waals surface area contributed by atoms with Gasteiger partial charge in [0.05, 0.1) is 11.4 Å². The van der Waals surface area contributed by atoms with Crippen molar-refractivity contribution in [2.75, 3.05) is 0 Å². The van der Waals surface area contributed by atoms with Crippen LogP contribution in [-0.2, 0) is 16.4 Å². The summed E-state index contributed by atoms with van der Waals surface area (Å²) >= 11 is 0. The number of aromatic carboxylic acids is 1. The van der Waals surface area contributed by atoms with Crippen LogP contribution in [0, 0.1) is 0 Å². The summed E-state index contributed by atoms with van der Waals surface area (Å²) in [7, 11) is -3.54. The number of nitrogens with zero attached hydrogens (tertiary/aromatic N) is 2. The van der Waals surface area contributed by atoms with Crippen LogP contribution in [0.1, 0.15) is 31.3 Å². The number of carboxylic acids is 1. The van der Waals surface area contributed by atoms with Gasteiger partial charge in [-0.15, -0.1) is 0 Å². The lowest BCUT2D eigenvalue weighted by molar-refractivity contribution is 0.0684. The predicted molar refractivity (Wildman–Crippen MR) is 57.2 cm³/mol. The third-order valence-corrected chi connectivity index (χ3v) is 4.31. The van der Waals surface area contributed by atoms with Crippen molar-refractivity contribution in [3.63, 3.8) is 0 Å². The van der Waals surface area contributed by atoms with Gasteiger partial charge in [-0.2, -0.15) is 0 Å². The van der Waals surface area contributed by atoms with Crippen LogP contribution < -0.4 is 0 Å². The number of rotatable bonds is 4. The second-order valence-electron chi connectivity index (χ2n) is 3.57. The number of hydrogen-bond donors (Lipinski definition) is 1. The Morgan fingerprint density at radius 2 is 2.12 bits per heavy atom. The third-order valence-electron chi connectivity index (χ3n) is 2.23. The van der Waals surface area contributed by atoms with E-state index in [2.05, 4.69) is 4.98 Å². The van der Waals surface area contributed by atoms with Crippen LogP contribution in [0.25, 0.3) is 0 Å². The Balaban J connectivity index is 3.43. The number of carbonyl (C=O) groups is 1. The lowest BCUT2D eigenvalue weighted by Crippen LogP contribution is -2.20. The molecule has 0 atom stereocenters. The molecule has 1 rings (SSSR count). The molecule has 0 saturated heterocycles. The maximum Gasteiger partial charge on any atom is 0.354 e. The highest BCUT2D eigenvalue weighted by Gasteiger charge is 2.27. The minimum Gasteiger partial charge on any atom is -0.477 e. The van der Waals surface area contributed by atoms with Crippen LogP contribution in [0.4, 0.5) is 0 Å². The van der Waals surface area contributed by atoms with Crippen molar-refractivity contribution in [1.29, 1.82) is 0 Å². The molecule has 0 saturated carbocycles. The molecule has 16 heavy (non-hydrogen) atoms. The van der Waals surface area contributed by atoms with E-state index in [1.54, 1.807) is 6.92 Å². The first-order valence-electron chi connectivity index (χ1n) is 4.85. The highest BCUT2D eigenvalue weighted by atomic mass is 32.2. The molecule has 1 aromatic rings. The van der Waals surface area contributed by atoms with Gasteiger partial charge in [-0.25, -0.2) is 18.2 Å². The van der Waals surface area contributed by atoms with Crippen LogP contribution in [0.15, 0.2) is 11.4 Å². The van der Waals surface area contributed by atoms with Crippen molar-refractivity contribution in [3.8, 4) is 0 Å². The van der Waals surface area contributed by atoms with Gasteiger partial charge in [0, 0.05) is 6.54 Å². The number of sulfone groups is 1. The molecule has 1 heterocycles. The van der Waals surface area contributed by atoms with Crippen LogP contribution in [-0.4, -0.2) is 34.3 Å². The molecule has 90 valence electrons. The fourth-order valence-corrected chi connectivity index (χ4v) is 2.43. The van der Waals surface area contributed by atoms with E-state index in [1.807, 2.05) is 0 Å². The molecular weight excluding hydrogens is 232 g/mol. The monoisotopic (exact) mass is 246 g/mol. The Kier molecular flexibility index (Phi) is 3.37. The fourth-order valence-electron chi connectivity index (χ4n) is 1.27. The van der Waals surface area contributed by atoms with Gasteiger partial charge in [-0.3, -0.25) is 0 Å². The zero-order valence-corrected chi connectivity index (χ0v) is 10.2. The van der Waals surface area contributed by atoms with Crippen molar-refractivity contribution < 1.29 is 18.3 Å². The zero-order valence-electron chi connectivity index (χ0n) is 9.34. The second-order valence-corrected chi connectivity index (χ2v) is 5.97. The summed E-state index contributed by atoms with van der Waals surface area (Å²) in [5.41, 5.74) is -0.110. The highest BCUT2D eigenvalue weighted by molar-refractivity contribution is 7.91. The lowest BCUT2D eigenvalue weighted by atomic mass is 10.5. The zero-order chi connectivity index (χ0) is 12.5. The van der Waals surface area contributed by atoms with Crippen molar-refractivity contribution in [3.05, 3.63) is 11.9 Å². The summed E-state index contributed by atoms with van der Waals surface area (Å²) in [4.78, 5) is 14.5. The first kappa shape index (κ1) is 12.7. The van der Waals surface area contributed by atoms with E-state index < -0.39 is 21.1 Å². The smallest absolute Gasteiger partial charge is 0.354 e. The summed E-state index contributed by atoms with van der Waals surface area (Å²) in [6.45, 7) is 4.99. The van der Waals surface area contributed by atoms with Gasteiger partial charge >= 0.3 is 5.97 Å². The molecule has 0 aliphatic carbocycles. The average Bonchev–Trinajstić information content (AvgIpc) is 2.60. The first-order valence-corrected chi connectivity index (χ1v) is 6.39. The van der Waals surface area contributed by atoms with Gasteiger partial charge < -0.3 is 9.67 Å². The summed E-state index contributed by atoms with van der Waals surface area (Å²) in [6, 6.07) is 0. The van der Waals surface area contributed by atoms with Crippen LogP contribution in [0.5, 0.6) is 0 Å². The molecule has 0 unspecified atom stereocenters. The second kappa shape index (κ2) is 4.25. The van der Waals surface area contributed by atoms with Crippen LogP contribution in [0.2, 0.25) is 0 Å². The van der Waals surface area contributed by atoms with E-state index in [4.69, 9.17) is 5.11 Å². The molecule has 0 spiro atoms. The van der Waals surface area contributed by atoms with Crippen molar-refractivity contribution in [1.82, 2.24) is 9.55 Å². The van der Waals surface area contributed by atoms with E-state index in [-0.39, 0.29) is 17.4 Å². The predicted octanol–water partition coefficient (Wildman–Crippen LogP) is 0.783. The summed E-state index contributed by atoms with van der Waals surface area (Å²) in [5, 5.41) is 8.06. The van der Waals surface area contributed by atoms with Crippen molar-refractivity contribution in [2.24, 2.45) is 0 Å². The van der Waals surface area contributed by atoms with Crippen molar-refractivity contribution >= 4 is 15.8 Å². The minimum atomic E-state index is -3.54. The molecule has 0 bridgehead atoms. The molecule has 0 amide bonds. The number of aromatic nitrogens is 2.